The van der Waals surface area contributed by atoms with Gasteiger partial charge in [-0.05, 0) is 19.3 Å². The number of amides is 1. The number of carboxylic acid groups (broad SMARTS) is 1. The molecule has 0 aromatic carbocycles. The van der Waals surface area contributed by atoms with Crippen molar-refractivity contribution >= 4 is 24.5 Å². The number of carbonyl (C=O) groups is 2. The van der Waals surface area contributed by atoms with E-state index in [1.807, 2.05) is 0 Å². The Kier molecular flexibility index (Phi) is 7.96. The van der Waals surface area contributed by atoms with Crippen LogP contribution in [0, 0.1) is 0 Å². The number of carbonyl (C=O) groups excluding carboxylic acids is 1. The molecule has 0 radical (unpaired) electrons. The van der Waals surface area contributed by atoms with Crippen molar-refractivity contribution in [2.75, 3.05) is 12.3 Å². The Morgan fingerprint density at radius 3 is 2.38 bits per heavy atom. The lowest BCUT2D eigenvalue weighted by Crippen LogP contribution is -2.42. The first-order chi connectivity index (χ1) is 7.49. The van der Waals surface area contributed by atoms with Crippen LogP contribution in [0.5, 0.6) is 0 Å². The minimum Gasteiger partial charge on any atom is -0.480 e. The molecular weight excluding hydrogens is 230 g/mol. The number of unbranched alkanes of at least 4 members (excludes halogenated alkanes) is 1. The normalized spacial score (nSPS) is 14.2. The number of aliphatic carboxylic acids is 1. The average molecular weight is 249 g/mol. The van der Waals surface area contributed by atoms with Crippen LogP contribution in [-0.2, 0) is 9.59 Å². The van der Waals surface area contributed by atoms with Gasteiger partial charge in [0, 0.05) is 12.3 Å². The fourth-order valence-corrected chi connectivity index (χ4v) is 1.20. The Morgan fingerprint density at radius 1 is 1.25 bits per heavy atom. The summed E-state index contributed by atoms with van der Waals surface area (Å²) in [6.07, 6.45) is 1.75. The van der Waals surface area contributed by atoms with E-state index in [9.17, 15) is 9.59 Å². The molecule has 2 atom stereocenters. The van der Waals surface area contributed by atoms with Crippen molar-refractivity contribution in [3.8, 4) is 0 Å². The molecule has 1 unspecified atom stereocenters. The first-order valence-electron chi connectivity index (χ1n) is 5.11. The second-order valence-corrected chi connectivity index (χ2v) is 3.89. The van der Waals surface area contributed by atoms with Crippen LogP contribution in [0.4, 0.5) is 0 Å². The largest absolute Gasteiger partial charge is 0.480 e. The molecule has 0 heterocycles. The monoisotopic (exact) mass is 249 g/mol. The van der Waals surface area contributed by atoms with E-state index < -0.39 is 18.1 Å². The van der Waals surface area contributed by atoms with Crippen molar-refractivity contribution in [3.63, 3.8) is 0 Å². The number of hydrogen-bond donors (Lipinski definition) is 5. The van der Waals surface area contributed by atoms with E-state index in [0.29, 0.717) is 31.6 Å². The molecule has 0 aliphatic heterocycles. The number of hydrogen-bond acceptors (Lipinski definition) is 5. The minimum absolute atomic E-state index is 0.238. The van der Waals surface area contributed by atoms with E-state index in [-0.39, 0.29) is 5.91 Å². The predicted octanol–water partition coefficient (Wildman–Crippen LogP) is -1.06. The maximum absolute atomic E-state index is 11.2. The highest BCUT2D eigenvalue weighted by atomic mass is 32.1. The smallest absolute Gasteiger partial charge is 0.320 e. The third-order valence-corrected chi connectivity index (χ3v) is 2.49. The standard InChI is InChI=1S/C9H19N3O3S/c10-6(9(14)15)3-1-2-4-12-8(13)7(11)5-16/h6-7,16H,1-5,10-11H2,(H,12,13)(H,14,15)/t6-,7?/m0/s1. The van der Waals surface area contributed by atoms with Crippen LogP contribution in [0.2, 0.25) is 0 Å². The van der Waals surface area contributed by atoms with Crippen molar-refractivity contribution in [1.29, 1.82) is 0 Å². The van der Waals surface area contributed by atoms with Gasteiger partial charge in [-0.1, -0.05) is 0 Å². The van der Waals surface area contributed by atoms with Crippen molar-refractivity contribution in [2.24, 2.45) is 11.5 Å². The van der Waals surface area contributed by atoms with Gasteiger partial charge in [0.25, 0.3) is 0 Å². The molecule has 0 aromatic rings. The molecule has 0 rings (SSSR count). The highest BCUT2D eigenvalue weighted by Crippen LogP contribution is 1.98. The van der Waals surface area contributed by atoms with Gasteiger partial charge in [0.1, 0.15) is 6.04 Å². The number of nitrogens with two attached hydrogens (primary N) is 2. The quantitative estimate of drug-likeness (QED) is 0.277. The highest BCUT2D eigenvalue weighted by molar-refractivity contribution is 7.80. The zero-order valence-corrected chi connectivity index (χ0v) is 9.95. The van der Waals surface area contributed by atoms with Gasteiger partial charge in [0.2, 0.25) is 5.91 Å². The molecule has 0 bridgehead atoms. The molecule has 0 fully saturated rings. The van der Waals surface area contributed by atoms with E-state index in [0.717, 1.165) is 0 Å². The van der Waals surface area contributed by atoms with Crippen molar-refractivity contribution in [2.45, 2.75) is 31.3 Å². The van der Waals surface area contributed by atoms with Crippen LogP contribution in [0.1, 0.15) is 19.3 Å². The van der Waals surface area contributed by atoms with E-state index in [4.69, 9.17) is 16.6 Å². The third-order valence-electron chi connectivity index (χ3n) is 2.09. The summed E-state index contributed by atoms with van der Waals surface area (Å²) in [7, 11) is 0. The topological polar surface area (TPSA) is 118 Å². The molecule has 94 valence electrons. The average Bonchev–Trinajstić information content (AvgIpc) is 2.26. The Bertz CT molecular complexity index is 238. The zero-order valence-electron chi connectivity index (χ0n) is 9.06. The lowest BCUT2D eigenvalue weighted by Gasteiger charge is -2.10. The summed E-state index contributed by atoms with van der Waals surface area (Å²) >= 11 is 3.90. The number of nitrogens with one attached hydrogen (secondary N) is 1. The van der Waals surface area contributed by atoms with Crippen molar-refractivity contribution in [1.82, 2.24) is 5.32 Å². The van der Waals surface area contributed by atoms with Crippen molar-refractivity contribution in [3.05, 3.63) is 0 Å². The van der Waals surface area contributed by atoms with Gasteiger partial charge in [0.15, 0.2) is 0 Å². The van der Waals surface area contributed by atoms with Gasteiger partial charge in [-0.3, -0.25) is 9.59 Å². The van der Waals surface area contributed by atoms with Crippen LogP contribution in [0.3, 0.4) is 0 Å². The molecule has 0 aromatic heterocycles. The predicted molar refractivity (Wildman–Crippen MR) is 64.3 cm³/mol. The van der Waals surface area contributed by atoms with Gasteiger partial charge in [-0.25, -0.2) is 0 Å². The van der Waals surface area contributed by atoms with E-state index in [1.165, 1.54) is 0 Å². The van der Waals surface area contributed by atoms with Gasteiger partial charge < -0.3 is 21.9 Å². The van der Waals surface area contributed by atoms with Gasteiger partial charge in [-0.2, -0.15) is 12.6 Å². The molecule has 0 aliphatic rings. The fraction of sp³-hybridized carbons (Fsp3) is 0.778. The lowest BCUT2D eigenvalue weighted by molar-refractivity contribution is -0.138. The van der Waals surface area contributed by atoms with Gasteiger partial charge in [0.05, 0.1) is 6.04 Å². The molecule has 7 heteroatoms. The van der Waals surface area contributed by atoms with E-state index in [1.54, 1.807) is 0 Å². The molecule has 16 heavy (non-hydrogen) atoms. The Morgan fingerprint density at radius 2 is 1.88 bits per heavy atom. The first kappa shape index (κ1) is 15.2. The summed E-state index contributed by atoms with van der Waals surface area (Å²) < 4.78 is 0. The minimum atomic E-state index is -0.999. The van der Waals surface area contributed by atoms with Crippen LogP contribution >= 0.6 is 12.6 Å². The summed E-state index contributed by atoms with van der Waals surface area (Å²) in [5.41, 5.74) is 10.7. The summed E-state index contributed by atoms with van der Waals surface area (Å²) in [4.78, 5) is 21.6. The highest BCUT2D eigenvalue weighted by Gasteiger charge is 2.11. The SMILES string of the molecule is NC(CS)C(=O)NCCCC[C@H](N)C(=O)O. The van der Waals surface area contributed by atoms with E-state index in [2.05, 4.69) is 17.9 Å². The fourth-order valence-electron chi connectivity index (χ4n) is 1.04. The molecule has 6 N–H and O–H groups in total. The molecular formula is C9H19N3O3S. The summed E-state index contributed by atoms with van der Waals surface area (Å²) in [6, 6.07) is -1.42. The van der Waals surface area contributed by atoms with E-state index >= 15 is 0 Å². The Labute approximate surface area is 100 Å². The summed E-state index contributed by atoms with van der Waals surface area (Å²) in [5, 5.41) is 11.1. The van der Waals surface area contributed by atoms with Crippen LogP contribution in [-0.4, -0.2) is 41.4 Å². The van der Waals surface area contributed by atoms with Gasteiger partial charge >= 0.3 is 5.97 Å². The van der Waals surface area contributed by atoms with Crippen LogP contribution in [0.25, 0.3) is 0 Å². The molecule has 0 saturated heterocycles. The maximum atomic E-state index is 11.2. The molecule has 6 nitrogen and oxygen atoms in total. The zero-order chi connectivity index (χ0) is 12.6. The molecule has 1 amide bonds. The lowest BCUT2D eigenvalue weighted by atomic mass is 10.1. The molecule has 0 saturated carbocycles. The maximum Gasteiger partial charge on any atom is 0.320 e. The first-order valence-corrected chi connectivity index (χ1v) is 5.74. The number of rotatable bonds is 8. The Hall–Kier alpha value is -0.790. The number of thiol groups is 1. The number of carboxylic acids is 1. The van der Waals surface area contributed by atoms with Crippen LogP contribution < -0.4 is 16.8 Å². The molecule has 0 spiro atoms. The summed E-state index contributed by atoms with van der Waals surface area (Å²) in [6.45, 7) is 0.479. The van der Waals surface area contributed by atoms with Crippen molar-refractivity contribution < 1.29 is 14.7 Å². The Balaban J connectivity index is 3.47. The summed E-state index contributed by atoms with van der Waals surface area (Å²) in [5.74, 6) is -0.936. The van der Waals surface area contributed by atoms with Gasteiger partial charge in [-0.15, -0.1) is 0 Å². The van der Waals surface area contributed by atoms with Crippen LogP contribution in [0.15, 0.2) is 0 Å². The third kappa shape index (κ3) is 6.65. The molecule has 0 aliphatic carbocycles. The second-order valence-electron chi connectivity index (χ2n) is 3.52. The second kappa shape index (κ2) is 8.37.